The third-order valence-corrected chi connectivity index (χ3v) is 6.11. The lowest BCUT2D eigenvalue weighted by molar-refractivity contribution is -0.141. The van der Waals surface area contributed by atoms with Gasteiger partial charge in [-0.3, -0.25) is 4.79 Å². The minimum atomic E-state index is -4.29. The molecular formula is C20H29F3N2O. The first kappa shape index (κ1) is 19.3. The average molecular weight is 370 g/mol. The monoisotopic (exact) mass is 370 g/mol. The van der Waals surface area contributed by atoms with Crippen molar-refractivity contribution < 1.29 is 18.0 Å². The van der Waals surface area contributed by atoms with Crippen LogP contribution in [0.3, 0.4) is 0 Å². The van der Waals surface area contributed by atoms with Crippen molar-refractivity contribution in [2.24, 2.45) is 5.92 Å². The first-order chi connectivity index (χ1) is 12.3. The Labute approximate surface area is 153 Å². The maximum atomic E-state index is 13.1. The molecule has 2 heterocycles. The molecule has 1 amide bonds. The molecule has 2 aliphatic rings. The highest BCUT2D eigenvalue weighted by Gasteiger charge is 2.34. The molecule has 0 radical (unpaired) electrons. The molecule has 1 aromatic rings. The van der Waals surface area contributed by atoms with E-state index >= 15 is 0 Å². The Balaban J connectivity index is 1.74. The molecule has 2 fully saturated rings. The largest absolute Gasteiger partial charge is 0.406 e. The topological polar surface area (TPSA) is 25.2 Å². The summed E-state index contributed by atoms with van der Waals surface area (Å²) in [6.07, 6.45) is 5.15. The van der Waals surface area contributed by atoms with Crippen molar-refractivity contribution in [1.82, 2.24) is 9.47 Å². The van der Waals surface area contributed by atoms with Crippen molar-refractivity contribution in [3.63, 3.8) is 0 Å². The molecule has 0 aromatic carbocycles. The van der Waals surface area contributed by atoms with Crippen molar-refractivity contribution in [2.45, 2.75) is 84.0 Å². The van der Waals surface area contributed by atoms with Crippen molar-refractivity contribution >= 4 is 5.91 Å². The van der Waals surface area contributed by atoms with Crippen LogP contribution in [0, 0.1) is 19.8 Å². The number of aryl methyl sites for hydroxylation is 1. The van der Waals surface area contributed by atoms with Crippen LogP contribution in [0.25, 0.3) is 0 Å². The van der Waals surface area contributed by atoms with E-state index in [0.717, 1.165) is 25.8 Å². The number of alkyl halides is 3. The molecule has 146 valence electrons. The van der Waals surface area contributed by atoms with Gasteiger partial charge >= 0.3 is 6.18 Å². The van der Waals surface area contributed by atoms with Gasteiger partial charge in [-0.1, -0.05) is 32.1 Å². The summed E-state index contributed by atoms with van der Waals surface area (Å²) >= 11 is 0. The van der Waals surface area contributed by atoms with Crippen LogP contribution in [0.5, 0.6) is 0 Å². The smallest absolute Gasteiger partial charge is 0.339 e. The Morgan fingerprint density at radius 1 is 1.12 bits per heavy atom. The van der Waals surface area contributed by atoms with E-state index in [1.807, 2.05) is 4.90 Å². The van der Waals surface area contributed by atoms with E-state index in [-0.39, 0.29) is 11.9 Å². The van der Waals surface area contributed by atoms with E-state index in [0.29, 0.717) is 22.9 Å². The number of hydrogen-bond acceptors (Lipinski definition) is 1. The Bertz CT molecular complexity index is 644. The lowest BCUT2D eigenvalue weighted by Gasteiger charge is -2.30. The fraction of sp³-hybridized carbons (Fsp3) is 0.750. The highest BCUT2D eigenvalue weighted by atomic mass is 19.4. The van der Waals surface area contributed by atoms with Gasteiger partial charge in [0.1, 0.15) is 6.54 Å². The minimum Gasteiger partial charge on any atom is -0.339 e. The zero-order chi connectivity index (χ0) is 18.9. The number of aromatic nitrogens is 1. The Hall–Kier alpha value is -1.46. The van der Waals surface area contributed by atoms with E-state index < -0.39 is 12.7 Å². The second-order valence-corrected chi connectivity index (χ2v) is 8.02. The Morgan fingerprint density at radius 3 is 2.46 bits per heavy atom. The molecule has 3 rings (SSSR count). The summed E-state index contributed by atoms with van der Waals surface area (Å²) < 4.78 is 39.7. The van der Waals surface area contributed by atoms with Crippen LogP contribution in [0.4, 0.5) is 13.2 Å². The van der Waals surface area contributed by atoms with E-state index in [1.54, 1.807) is 19.9 Å². The zero-order valence-electron chi connectivity index (χ0n) is 15.7. The van der Waals surface area contributed by atoms with Crippen molar-refractivity contribution in [3.05, 3.63) is 23.0 Å². The van der Waals surface area contributed by atoms with Gasteiger partial charge in [0.15, 0.2) is 0 Å². The number of hydrogen-bond donors (Lipinski definition) is 0. The fourth-order valence-electron chi connectivity index (χ4n) is 4.75. The molecule has 0 N–H and O–H groups in total. The van der Waals surface area contributed by atoms with Crippen LogP contribution < -0.4 is 0 Å². The van der Waals surface area contributed by atoms with Crippen LogP contribution >= 0.6 is 0 Å². The molecule has 1 aliphatic carbocycles. The van der Waals surface area contributed by atoms with Gasteiger partial charge in [-0.05, 0) is 45.1 Å². The molecule has 26 heavy (non-hydrogen) atoms. The summed E-state index contributed by atoms with van der Waals surface area (Å²) in [6, 6.07) is 1.87. The molecule has 0 spiro atoms. The summed E-state index contributed by atoms with van der Waals surface area (Å²) in [5.74, 6) is 0.602. The number of amides is 1. The van der Waals surface area contributed by atoms with E-state index in [4.69, 9.17) is 0 Å². The highest BCUT2D eigenvalue weighted by Crippen LogP contribution is 2.33. The van der Waals surface area contributed by atoms with Gasteiger partial charge in [0.05, 0.1) is 5.56 Å². The number of nitrogens with zero attached hydrogens (tertiary/aromatic N) is 2. The van der Waals surface area contributed by atoms with Crippen LogP contribution in [-0.2, 0) is 6.54 Å². The van der Waals surface area contributed by atoms with Gasteiger partial charge < -0.3 is 9.47 Å². The second kappa shape index (κ2) is 7.65. The van der Waals surface area contributed by atoms with Crippen molar-refractivity contribution in [3.8, 4) is 0 Å². The molecule has 0 unspecified atom stereocenters. The highest BCUT2D eigenvalue weighted by molar-refractivity contribution is 5.96. The van der Waals surface area contributed by atoms with Crippen LogP contribution in [0.1, 0.15) is 73.1 Å². The van der Waals surface area contributed by atoms with Crippen molar-refractivity contribution in [1.29, 1.82) is 0 Å². The van der Waals surface area contributed by atoms with Crippen LogP contribution in [0.2, 0.25) is 0 Å². The number of carbonyl (C=O) groups is 1. The molecule has 6 heteroatoms. The molecule has 1 aliphatic heterocycles. The fourth-order valence-corrected chi connectivity index (χ4v) is 4.75. The van der Waals surface area contributed by atoms with Gasteiger partial charge in [-0.2, -0.15) is 13.2 Å². The number of carbonyl (C=O) groups excluding carboxylic acids is 1. The molecule has 3 nitrogen and oxygen atoms in total. The van der Waals surface area contributed by atoms with Gasteiger partial charge in [-0.25, -0.2) is 0 Å². The first-order valence-electron chi connectivity index (χ1n) is 9.80. The quantitative estimate of drug-likeness (QED) is 0.711. The normalized spacial score (nSPS) is 22.2. The maximum Gasteiger partial charge on any atom is 0.406 e. The first-order valence-corrected chi connectivity index (χ1v) is 9.80. The summed E-state index contributed by atoms with van der Waals surface area (Å²) in [6.45, 7) is 2.94. The Kier molecular flexibility index (Phi) is 5.68. The standard InChI is InChI=1S/C20H29F3N2O/c1-14-11-18(15(2)25(14)13-20(21,22)23)19(26)24-10-6-9-17(24)12-16-7-4-3-5-8-16/h11,16-17H,3-10,12-13H2,1-2H3/t17-/m0/s1. The second-order valence-electron chi connectivity index (χ2n) is 8.02. The van der Waals surface area contributed by atoms with Gasteiger partial charge in [-0.15, -0.1) is 0 Å². The number of rotatable bonds is 4. The predicted octanol–water partition coefficient (Wildman–Crippen LogP) is 5.24. The van der Waals surface area contributed by atoms with Crippen LogP contribution in [-0.4, -0.2) is 34.1 Å². The lowest BCUT2D eigenvalue weighted by atomic mass is 9.84. The van der Waals surface area contributed by atoms with Gasteiger partial charge in [0, 0.05) is 24.0 Å². The molecule has 0 bridgehead atoms. The third kappa shape index (κ3) is 4.26. The Morgan fingerprint density at radius 2 is 1.81 bits per heavy atom. The maximum absolute atomic E-state index is 13.1. The molecule has 1 saturated heterocycles. The SMILES string of the molecule is Cc1cc(C(=O)N2CCC[C@H]2CC2CCCCC2)c(C)n1CC(F)(F)F. The number of likely N-dealkylation sites (tertiary alicyclic amines) is 1. The van der Waals surface area contributed by atoms with Gasteiger partial charge in [0.2, 0.25) is 0 Å². The summed E-state index contributed by atoms with van der Waals surface area (Å²) in [7, 11) is 0. The minimum absolute atomic E-state index is 0.0927. The van der Waals surface area contributed by atoms with E-state index in [1.165, 1.54) is 36.7 Å². The van der Waals surface area contributed by atoms with Crippen molar-refractivity contribution in [2.75, 3.05) is 6.54 Å². The molecular weight excluding hydrogens is 341 g/mol. The predicted molar refractivity (Wildman–Crippen MR) is 95.2 cm³/mol. The lowest BCUT2D eigenvalue weighted by Crippen LogP contribution is -2.37. The average Bonchev–Trinajstić information content (AvgIpc) is 3.14. The molecule has 1 atom stereocenters. The van der Waals surface area contributed by atoms with E-state index in [2.05, 4.69) is 0 Å². The summed E-state index contributed by atoms with van der Waals surface area (Å²) in [5.41, 5.74) is 1.35. The molecule has 1 saturated carbocycles. The number of halogens is 3. The van der Waals surface area contributed by atoms with E-state index in [9.17, 15) is 18.0 Å². The molecule has 1 aromatic heterocycles. The van der Waals surface area contributed by atoms with Crippen LogP contribution in [0.15, 0.2) is 6.07 Å². The zero-order valence-corrected chi connectivity index (χ0v) is 15.7. The third-order valence-electron chi connectivity index (χ3n) is 6.11. The summed E-state index contributed by atoms with van der Waals surface area (Å²) in [4.78, 5) is 15.0. The van der Waals surface area contributed by atoms with Gasteiger partial charge in [0.25, 0.3) is 5.91 Å². The summed E-state index contributed by atoms with van der Waals surface area (Å²) in [5, 5.41) is 0.